The minimum absolute atomic E-state index is 0.284. The van der Waals surface area contributed by atoms with Crippen molar-refractivity contribution in [2.75, 3.05) is 14.2 Å². The lowest BCUT2D eigenvalue weighted by Crippen LogP contribution is -2.24. The predicted octanol–water partition coefficient (Wildman–Crippen LogP) is 4.82. The highest BCUT2D eigenvalue weighted by atomic mass is 16.5. The van der Waals surface area contributed by atoms with E-state index in [1.807, 2.05) is 57.2 Å². The highest BCUT2D eigenvalue weighted by Crippen LogP contribution is 2.29. The lowest BCUT2D eigenvalue weighted by Gasteiger charge is -2.16. The number of hydrogen-bond acceptors (Lipinski definition) is 5. The van der Waals surface area contributed by atoms with Crippen LogP contribution in [0.25, 0.3) is 11.3 Å². The maximum Gasteiger partial charge on any atom is 0.350 e. The maximum absolute atomic E-state index is 12.9. The second-order valence-corrected chi connectivity index (χ2v) is 6.74. The quantitative estimate of drug-likeness (QED) is 0.219. The van der Waals surface area contributed by atoms with Crippen LogP contribution >= 0.6 is 0 Å². The zero-order chi connectivity index (χ0) is 24.8. The fourth-order valence-electron chi connectivity index (χ4n) is 2.84. The summed E-state index contributed by atoms with van der Waals surface area (Å²) < 4.78 is 4.64. The van der Waals surface area contributed by atoms with Gasteiger partial charge in [0.15, 0.2) is 5.57 Å². The third-order valence-electron chi connectivity index (χ3n) is 4.72. The van der Waals surface area contributed by atoms with Crippen molar-refractivity contribution in [1.82, 2.24) is 5.32 Å². The molecule has 6 heteroatoms. The molecule has 0 aliphatic carbocycles. The summed E-state index contributed by atoms with van der Waals surface area (Å²) in [6.07, 6.45) is 8.96. The summed E-state index contributed by atoms with van der Waals surface area (Å²) in [6.45, 7) is 5.88. The van der Waals surface area contributed by atoms with Gasteiger partial charge in [-0.1, -0.05) is 54.5 Å². The van der Waals surface area contributed by atoms with Crippen molar-refractivity contribution in [1.29, 1.82) is 0 Å². The molecule has 0 spiro atoms. The van der Waals surface area contributed by atoms with Crippen molar-refractivity contribution in [2.24, 2.45) is 4.99 Å². The molecule has 172 valence electrons. The summed E-state index contributed by atoms with van der Waals surface area (Å²) in [6, 6.07) is 14.4. The SMILES string of the molecule is C#C/C(C(=O)OC)=C(/O)c1cccc(C(=O)NCc2ccccc2)c1/C(C)=C\C.CC=NC. The number of terminal acetylenes is 1. The molecule has 0 aliphatic heterocycles. The van der Waals surface area contributed by atoms with Crippen molar-refractivity contribution in [2.45, 2.75) is 27.3 Å². The zero-order valence-corrected chi connectivity index (χ0v) is 19.7. The molecule has 2 aromatic carbocycles. The zero-order valence-electron chi connectivity index (χ0n) is 19.7. The van der Waals surface area contributed by atoms with Crippen molar-refractivity contribution in [3.8, 4) is 12.3 Å². The van der Waals surface area contributed by atoms with Gasteiger partial charge in [0.25, 0.3) is 5.91 Å². The van der Waals surface area contributed by atoms with Crippen molar-refractivity contribution >= 4 is 29.4 Å². The number of benzene rings is 2. The first-order chi connectivity index (χ1) is 15.9. The van der Waals surface area contributed by atoms with Gasteiger partial charge in [0.2, 0.25) is 0 Å². The molecule has 0 atom stereocenters. The van der Waals surface area contributed by atoms with Gasteiger partial charge in [0.05, 0.1) is 7.11 Å². The molecular formula is C27H30N2O4. The summed E-state index contributed by atoms with van der Waals surface area (Å²) in [5.41, 5.74) is 2.55. The Labute approximate surface area is 195 Å². The number of aliphatic imine (C=N–C) groups is 1. The Hall–Kier alpha value is -4.11. The minimum atomic E-state index is -0.826. The van der Waals surface area contributed by atoms with Crippen LogP contribution in [0.1, 0.15) is 47.8 Å². The van der Waals surface area contributed by atoms with Gasteiger partial charge in [-0.3, -0.25) is 4.79 Å². The number of allylic oxidation sites excluding steroid dienone is 2. The van der Waals surface area contributed by atoms with Crippen molar-refractivity contribution < 1.29 is 19.4 Å². The van der Waals surface area contributed by atoms with Crippen LogP contribution < -0.4 is 5.32 Å². The number of nitrogens with zero attached hydrogens (tertiary/aromatic N) is 1. The van der Waals surface area contributed by atoms with Crippen LogP contribution in [0, 0.1) is 12.3 Å². The highest BCUT2D eigenvalue weighted by molar-refractivity contribution is 6.04. The number of hydrogen-bond donors (Lipinski definition) is 2. The number of methoxy groups -OCH3 is 1. The summed E-state index contributed by atoms with van der Waals surface area (Å²) in [5.74, 6) is 0.625. The largest absolute Gasteiger partial charge is 0.506 e. The van der Waals surface area contributed by atoms with E-state index in [1.54, 1.807) is 31.5 Å². The third kappa shape index (κ3) is 7.51. The topological polar surface area (TPSA) is 88.0 Å². The molecule has 0 saturated carbocycles. The van der Waals surface area contributed by atoms with E-state index in [1.165, 1.54) is 7.11 Å². The van der Waals surface area contributed by atoms with Gasteiger partial charge in [0.1, 0.15) is 5.76 Å². The highest BCUT2D eigenvalue weighted by Gasteiger charge is 2.22. The molecule has 0 unspecified atom stereocenters. The Kier molecular flexibility index (Phi) is 11.5. The molecule has 0 fully saturated rings. The number of rotatable bonds is 6. The molecule has 0 bridgehead atoms. The normalized spacial score (nSPS) is 11.6. The molecule has 1 amide bonds. The van der Waals surface area contributed by atoms with Gasteiger partial charge in [0, 0.05) is 30.3 Å². The van der Waals surface area contributed by atoms with Crippen LogP contribution in [-0.2, 0) is 16.1 Å². The van der Waals surface area contributed by atoms with Gasteiger partial charge in [-0.15, -0.1) is 6.42 Å². The van der Waals surface area contributed by atoms with Crippen LogP contribution in [0.2, 0.25) is 0 Å². The van der Waals surface area contributed by atoms with E-state index >= 15 is 0 Å². The Morgan fingerprint density at radius 1 is 1.12 bits per heavy atom. The van der Waals surface area contributed by atoms with Gasteiger partial charge in [-0.05, 0) is 44.2 Å². The smallest absolute Gasteiger partial charge is 0.350 e. The van der Waals surface area contributed by atoms with Crippen LogP contribution in [0.3, 0.4) is 0 Å². The molecule has 0 heterocycles. The second kappa shape index (κ2) is 14.0. The van der Waals surface area contributed by atoms with E-state index in [-0.39, 0.29) is 17.0 Å². The van der Waals surface area contributed by atoms with E-state index in [2.05, 4.69) is 21.0 Å². The fraction of sp³-hybridized carbons (Fsp3) is 0.222. The molecule has 0 aromatic heterocycles. The summed E-state index contributed by atoms with van der Waals surface area (Å²) in [5, 5.41) is 13.6. The Balaban J connectivity index is 0.00000125. The fourth-order valence-corrected chi connectivity index (χ4v) is 2.84. The van der Waals surface area contributed by atoms with E-state index in [0.29, 0.717) is 17.7 Å². The van der Waals surface area contributed by atoms with Crippen LogP contribution in [0.4, 0.5) is 0 Å². The molecular weight excluding hydrogens is 416 g/mol. The molecule has 0 saturated heterocycles. The average Bonchev–Trinajstić information content (AvgIpc) is 2.87. The van der Waals surface area contributed by atoms with E-state index in [9.17, 15) is 14.7 Å². The monoisotopic (exact) mass is 446 g/mol. The van der Waals surface area contributed by atoms with Crippen molar-refractivity contribution in [3.63, 3.8) is 0 Å². The summed E-state index contributed by atoms with van der Waals surface area (Å²) in [4.78, 5) is 28.4. The van der Waals surface area contributed by atoms with Crippen LogP contribution in [-0.4, -0.2) is 37.4 Å². The number of carbonyl (C=O) groups excluding carboxylic acids is 2. The van der Waals surface area contributed by atoms with Gasteiger partial charge in [-0.2, -0.15) is 0 Å². The van der Waals surface area contributed by atoms with E-state index in [0.717, 1.165) is 11.1 Å². The predicted molar refractivity (Wildman–Crippen MR) is 134 cm³/mol. The van der Waals surface area contributed by atoms with Crippen LogP contribution in [0.5, 0.6) is 0 Å². The molecule has 0 radical (unpaired) electrons. The number of ether oxygens (including phenoxy) is 1. The van der Waals surface area contributed by atoms with Crippen LogP contribution in [0.15, 0.2) is 65.2 Å². The number of nitrogens with one attached hydrogen (secondary N) is 1. The van der Waals surface area contributed by atoms with E-state index in [4.69, 9.17) is 6.42 Å². The standard InChI is InChI=1S/C24H23NO4.C3H7N/c1-5-16(3)21-19(22(26)18(6-2)24(28)29-4)13-10-14-20(21)23(27)25-15-17-11-8-7-9-12-17;1-3-4-2/h2,5,7-14,26H,15H2,1,3-4H3,(H,25,27);3H,1-2H3/b16-5-,22-18-;. The molecule has 2 rings (SSSR count). The molecule has 6 nitrogen and oxygen atoms in total. The first kappa shape index (κ1) is 26.9. The first-order valence-electron chi connectivity index (χ1n) is 10.3. The Morgan fingerprint density at radius 2 is 1.73 bits per heavy atom. The second-order valence-electron chi connectivity index (χ2n) is 6.74. The van der Waals surface area contributed by atoms with Gasteiger partial charge < -0.3 is 20.2 Å². The molecule has 2 aromatic rings. The molecule has 2 N–H and O–H groups in total. The Bertz CT molecular complexity index is 1090. The number of esters is 1. The van der Waals surface area contributed by atoms with Gasteiger partial charge >= 0.3 is 5.97 Å². The minimum Gasteiger partial charge on any atom is -0.506 e. The first-order valence-corrected chi connectivity index (χ1v) is 10.3. The summed E-state index contributed by atoms with van der Waals surface area (Å²) >= 11 is 0. The molecule has 33 heavy (non-hydrogen) atoms. The average molecular weight is 447 g/mol. The Morgan fingerprint density at radius 3 is 2.24 bits per heavy atom. The number of carbonyl (C=O) groups is 2. The third-order valence-corrected chi connectivity index (χ3v) is 4.72. The number of aliphatic hydroxyl groups excluding tert-OH is 1. The number of aliphatic hydroxyl groups is 1. The van der Waals surface area contributed by atoms with Crippen molar-refractivity contribution in [3.05, 3.63) is 82.4 Å². The lowest BCUT2D eigenvalue weighted by molar-refractivity contribution is -0.135. The summed E-state index contributed by atoms with van der Waals surface area (Å²) in [7, 11) is 2.93. The maximum atomic E-state index is 12.9. The van der Waals surface area contributed by atoms with Gasteiger partial charge in [-0.25, -0.2) is 4.79 Å². The lowest BCUT2D eigenvalue weighted by atomic mass is 9.92. The number of amides is 1. The molecule has 0 aliphatic rings. The van der Waals surface area contributed by atoms with E-state index < -0.39 is 11.7 Å².